The smallest absolute Gasteiger partial charge is 0.160 e. The normalized spacial score (nSPS) is 12.3. The lowest BCUT2D eigenvalue weighted by molar-refractivity contribution is 0.236. The van der Waals surface area contributed by atoms with Crippen LogP contribution in [-0.4, -0.2) is 18.3 Å². The number of phenolic OH excluding ortho intramolecular Hbond substituents is 1. The van der Waals surface area contributed by atoms with Gasteiger partial charge in [0.15, 0.2) is 11.5 Å². The van der Waals surface area contributed by atoms with Gasteiger partial charge in [0.05, 0.1) is 12.9 Å². The summed E-state index contributed by atoms with van der Waals surface area (Å²) in [4.78, 5) is 0. The van der Waals surface area contributed by atoms with Crippen molar-refractivity contribution < 1.29 is 14.3 Å². The minimum absolute atomic E-state index is 0.145. The first kappa shape index (κ1) is 12.5. The summed E-state index contributed by atoms with van der Waals surface area (Å²) in [5.41, 5.74) is 5.71. The van der Waals surface area contributed by atoms with Crippen molar-refractivity contribution in [3.8, 4) is 11.5 Å². The van der Waals surface area contributed by atoms with Crippen LogP contribution in [-0.2, 0) is 6.42 Å². The number of aromatic hydroxyl groups is 1. The number of furan rings is 1. The summed E-state index contributed by atoms with van der Waals surface area (Å²) in [5.74, 6) is 1.68. The van der Waals surface area contributed by atoms with Crippen molar-refractivity contribution in [2.45, 2.75) is 6.42 Å². The molecule has 0 aliphatic carbocycles. The van der Waals surface area contributed by atoms with E-state index in [-0.39, 0.29) is 11.7 Å². The molecule has 4 heteroatoms. The van der Waals surface area contributed by atoms with E-state index in [1.165, 1.54) is 0 Å². The Morgan fingerprint density at radius 2 is 2.06 bits per heavy atom. The van der Waals surface area contributed by atoms with Gasteiger partial charge in [-0.3, -0.25) is 0 Å². The van der Waals surface area contributed by atoms with Gasteiger partial charge in [-0.05, 0) is 30.8 Å². The minimum atomic E-state index is 0.145. The molecule has 0 radical (unpaired) electrons. The Balaban J connectivity index is 1.89. The van der Waals surface area contributed by atoms with Crippen molar-refractivity contribution in [2.75, 3.05) is 13.2 Å². The summed E-state index contributed by atoms with van der Waals surface area (Å²) < 4.78 is 10.8. The fourth-order valence-corrected chi connectivity index (χ4v) is 1.71. The molecule has 0 spiro atoms. The van der Waals surface area contributed by atoms with E-state index in [9.17, 15) is 5.11 Å². The van der Waals surface area contributed by atoms with Gasteiger partial charge in [-0.1, -0.05) is 12.1 Å². The molecule has 18 heavy (non-hydrogen) atoms. The molecule has 0 saturated heterocycles. The van der Waals surface area contributed by atoms with E-state index in [1.54, 1.807) is 24.5 Å². The molecule has 0 bridgehead atoms. The third kappa shape index (κ3) is 3.28. The number of phenols is 1. The van der Waals surface area contributed by atoms with E-state index in [0.717, 1.165) is 12.2 Å². The SMILES string of the molecule is NCC(COc1ccccc1O)Cc1ccco1. The predicted octanol–water partition coefficient (Wildman–Crippen LogP) is 2.18. The molecule has 0 saturated carbocycles. The highest BCUT2D eigenvalue weighted by Gasteiger charge is 2.11. The Bertz CT molecular complexity index is 468. The minimum Gasteiger partial charge on any atom is -0.504 e. The van der Waals surface area contributed by atoms with Gasteiger partial charge in [0.2, 0.25) is 0 Å². The van der Waals surface area contributed by atoms with Gasteiger partial charge in [-0.25, -0.2) is 0 Å². The number of hydrogen-bond donors (Lipinski definition) is 2. The molecule has 0 aliphatic rings. The monoisotopic (exact) mass is 247 g/mol. The summed E-state index contributed by atoms with van der Waals surface area (Å²) in [6, 6.07) is 10.7. The molecular weight excluding hydrogens is 230 g/mol. The molecule has 4 nitrogen and oxygen atoms in total. The summed E-state index contributed by atoms with van der Waals surface area (Å²) in [7, 11) is 0. The lowest BCUT2D eigenvalue weighted by Gasteiger charge is -2.15. The molecule has 0 aliphatic heterocycles. The number of rotatable bonds is 6. The predicted molar refractivity (Wildman–Crippen MR) is 68.6 cm³/mol. The maximum atomic E-state index is 9.58. The van der Waals surface area contributed by atoms with Crippen LogP contribution in [0.3, 0.4) is 0 Å². The van der Waals surface area contributed by atoms with Crippen LogP contribution < -0.4 is 10.5 Å². The topological polar surface area (TPSA) is 68.6 Å². The zero-order chi connectivity index (χ0) is 12.8. The molecule has 1 aromatic carbocycles. The second kappa shape index (κ2) is 6.12. The van der Waals surface area contributed by atoms with Gasteiger partial charge in [-0.15, -0.1) is 0 Å². The average molecular weight is 247 g/mol. The molecule has 3 N–H and O–H groups in total. The van der Waals surface area contributed by atoms with Crippen LogP contribution in [0.15, 0.2) is 47.1 Å². The lowest BCUT2D eigenvalue weighted by Crippen LogP contribution is -2.23. The highest BCUT2D eigenvalue weighted by Crippen LogP contribution is 2.25. The van der Waals surface area contributed by atoms with Crippen molar-refractivity contribution >= 4 is 0 Å². The van der Waals surface area contributed by atoms with Crippen LogP contribution in [0.5, 0.6) is 11.5 Å². The molecule has 1 unspecified atom stereocenters. The quantitative estimate of drug-likeness (QED) is 0.821. The Hall–Kier alpha value is -1.94. The standard InChI is InChI=1S/C14H17NO3/c15-9-11(8-12-4-3-7-17-12)10-18-14-6-2-1-5-13(14)16/h1-7,11,16H,8-10,15H2. The van der Waals surface area contributed by atoms with Crippen LogP contribution in [0.25, 0.3) is 0 Å². The van der Waals surface area contributed by atoms with Crippen LogP contribution in [0, 0.1) is 5.92 Å². The molecule has 1 heterocycles. The second-order valence-corrected chi connectivity index (χ2v) is 4.16. The summed E-state index contributed by atoms with van der Waals surface area (Å²) in [5, 5.41) is 9.58. The second-order valence-electron chi connectivity index (χ2n) is 4.16. The van der Waals surface area contributed by atoms with Crippen LogP contribution in [0.2, 0.25) is 0 Å². The molecular formula is C14H17NO3. The highest BCUT2D eigenvalue weighted by atomic mass is 16.5. The Morgan fingerprint density at radius 1 is 1.22 bits per heavy atom. The highest BCUT2D eigenvalue weighted by molar-refractivity contribution is 5.37. The van der Waals surface area contributed by atoms with E-state index >= 15 is 0 Å². The van der Waals surface area contributed by atoms with Gasteiger partial charge in [0.25, 0.3) is 0 Å². The number of benzene rings is 1. The average Bonchev–Trinajstić information content (AvgIpc) is 2.89. The number of nitrogens with two attached hydrogens (primary N) is 1. The zero-order valence-electron chi connectivity index (χ0n) is 10.1. The zero-order valence-corrected chi connectivity index (χ0v) is 10.1. The van der Waals surface area contributed by atoms with E-state index in [0.29, 0.717) is 18.9 Å². The van der Waals surface area contributed by atoms with Gasteiger partial charge < -0.3 is 20.0 Å². The van der Waals surface area contributed by atoms with Crippen LogP contribution >= 0.6 is 0 Å². The van der Waals surface area contributed by atoms with Crippen molar-refractivity contribution in [3.63, 3.8) is 0 Å². The van der Waals surface area contributed by atoms with E-state index < -0.39 is 0 Å². The first-order valence-electron chi connectivity index (χ1n) is 5.93. The van der Waals surface area contributed by atoms with E-state index in [4.69, 9.17) is 14.9 Å². The van der Waals surface area contributed by atoms with Gasteiger partial charge in [-0.2, -0.15) is 0 Å². The first-order chi connectivity index (χ1) is 8.79. The van der Waals surface area contributed by atoms with Crippen LogP contribution in [0.4, 0.5) is 0 Å². The van der Waals surface area contributed by atoms with Crippen molar-refractivity contribution in [3.05, 3.63) is 48.4 Å². The molecule has 1 aromatic heterocycles. The third-order valence-corrected chi connectivity index (χ3v) is 2.74. The van der Waals surface area contributed by atoms with E-state index in [1.807, 2.05) is 18.2 Å². The molecule has 0 amide bonds. The fourth-order valence-electron chi connectivity index (χ4n) is 1.71. The Morgan fingerprint density at radius 3 is 2.72 bits per heavy atom. The molecule has 2 rings (SSSR count). The first-order valence-corrected chi connectivity index (χ1v) is 5.93. The number of ether oxygens (including phenoxy) is 1. The Labute approximate surface area is 106 Å². The molecule has 96 valence electrons. The summed E-state index contributed by atoms with van der Waals surface area (Å²) in [6.45, 7) is 0.961. The molecule has 0 fully saturated rings. The summed E-state index contributed by atoms with van der Waals surface area (Å²) >= 11 is 0. The molecule has 1 atom stereocenters. The van der Waals surface area contributed by atoms with E-state index in [2.05, 4.69) is 0 Å². The van der Waals surface area contributed by atoms with Gasteiger partial charge in [0, 0.05) is 12.3 Å². The van der Waals surface area contributed by atoms with Crippen molar-refractivity contribution in [1.82, 2.24) is 0 Å². The molecule has 2 aromatic rings. The largest absolute Gasteiger partial charge is 0.504 e. The maximum Gasteiger partial charge on any atom is 0.160 e. The lowest BCUT2D eigenvalue weighted by atomic mass is 10.1. The third-order valence-electron chi connectivity index (χ3n) is 2.74. The fraction of sp³-hybridized carbons (Fsp3) is 0.286. The number of hydrogen-bond acceptors (Lipinski definition) is 4. The van der Waals surface area contributed by atoms with Crippen LogP contribution in [0.1, 0.15) is 5.76 Å². The number of para-hydroxylation sites is 2. The Kier molecular flexibility index (Phi) is 4.25. The van der Waals surface area contributed by atoms with Gasteiger partial charge >= 0.3 is 0 Å². The maximum absolute atomic E-state index is 9.58. The summed E-state index contributed by atoms with van der Waals surface area (Å²) in [6.07, 6.45) is 2.38. The van der Waals surface area contributed by atoms with Crippen molar-refractivity contribution in [1.29, 1.82) is 0 Å². The van der Waals surface area contributed by atoms with Crippen molar-refractivity contribution in [2.24, 2.45) is 11.7 Å². The van der Waals surface area contributed by atoms with Gasteiger partial charge in [0.1, 0.15) is 5.76 Å².